The molecule has 0 radical (unpaired) electrons. The highest BCUT2D eigenvalue weighted by Crippen LogP contribution is 2.41. The fourth-order valence-corrected chi connectivity index (χ4v) is 5.02. The number of hydrogen-bond donors (Lipinski definition) is 0. The summed E-state index contributed by atoms with van der Waals surface area (Å²) in [7, 11) is 0. The molecule has 0 saturated carbocycles. The van der Waals surface area contributed by atoms with E-state index in [1.807, 2.05) is 48.2 Å². The molecule has 2 aliphatic heterocycles. The second kappa shape index (κ2) is 6.23. The number of hydrogen-bond acceptors (Lipinski definition) is 3. The van der Waals surface area contributed by atoms with Gasteiger partial charge in [0.05, 0.1) is 22.7 Å². The molecule has 4 rings (SSSR count). The normalized spacial score (nSPS) is 21.7. The number of carbonyl (C=O) groups is 2. The molecule has 0 bridgehead atoms. The summed E-state index contributed by atoms with van der Waals surface area (Å²) >= 11 is 1.65. The maximum Gasteiger partial charge on any atom is 0.240 e. The number of fused-ring (bicyclic) bond motifs is 2. The Morgan fingerprint density at radius 3 is 2.44 bits per heavy atom. The molecule has 2 aliphatic rings. The van der Waals surface area contributed by atoms with Crippen molar-refractivity contribution in [1.82, 2.24) is 0 Å². The molecule has 0 saturated heterocycles. The van der Waals surface area contributed by atoms with Crippen molar-refractivity contribution < 1.29 is 9.59 Å². The second-order valence-corrected chi connectivity index (χ2v) is 7.84. The van der Waals surface area contributed by atoms with E-state index in [2.05, 4.69) is 12.1 Å². The summed E-state index contributed by atoms with van der Waals surface area (Å²) in [6.45, 7) is 4.10. The summed E-state index contributed by atoms with van der Waals surface area (Å²) < 4.78 is 0. The Kier molecular flexibility index (Phi) is 4.04. The number of para-hydroxylation sites is 2. The molecule has 2 heterocycles. The van der Waals surface area contributed by atoms with E-state index >= 15 is 0 Å². The zero-order chi connectivity index (χ0) is 17.6. The molecule has 2 aromatic rings. The highest BCUT2D eigenvalue weighted by atomic mass is 32.2. The van der Waals surface area contributed by atoms with Gasteiger partial charge < -0.3 is 9.80 Å². The van der Waals surface area contributed by atoms with Crippen LogP contribution in [0.25, 0.3) is 0 Å². The molecular weight excluding hydrogens is 332 g/mol. The van der Waals surface area contributed by atoms with Crippen LogP contribution >= 0.6 is 11.8 Å². The van der Waals surface area contributed by atoms with Gasteiger partial charge >= 0.3 is 0 Å². The lowest BCUT2D eigenvalue weighted by molar-refractivity contribution is -0.119. The molecule has 5 heteroatoms. The van der Waals surface area contributed by atoms with Gasteiger partial charge in [-0.3, -0.25) is 9.59 Å². The predicted molar refractivity (Wildman–Crippen MR) is 101 cm³/mol. The molecule has 0 spiro atoms. The van der Waals surface area contributed by atoms with E-state index in [-0.39, 0.29) is 23.1 Å². The molecule has 4 nitrogen and oxygen atoms in total. The van der Waals surface area contributed by atoms with Crippen LogP contribution in [0.15, 0.2) is 53.4 Å². The second-order valence-electron chi connectivity index (χ2n) is 6.59. The number of anilines is 2. The van der Waals surface area contributed by atoms with Crippen molar-refractivity contribution in [3.63, 3.8) is 0 Å². The van der Waals surface area contributed by atoms with Gasteiger partial charge in [-0.2, -0.15) is 0 Å². The molecule has 0 aromatic heterocycles. The Balaban J connectivity index is 1.66. The largest absolute Gasteiger partial charge is 0.307 e. The van der Waals surface area contributed by atoms with Crippen molar-refractivity contribution in [3.8, 4) is 0 Å². The molecular formula is C20H20N2O2S. The Bertz CT molecular complexity index is 826. The van der Waals surface area contributed by atoms with Crippen LogP contribution in [0.1, 0.15) is 19.4 Å². The van der Waals surface area contributed by atoms with E-state index in [0.717, 1.165) is 17.8 Å². The average Bonchev–Trinajstić information content (AvgIpc) is 3.04. The Morgan fingerprint density at radius 1 is 1.04 bits per heavy atom. The van der Waals surface area contributed by atoms with Crippen LogP contribution in [0.2, 0.25) is 0 Å². The van der Waals surface area contributed by atoms with Gasteiger partial charge in [0.15, 0.2) is 0 Å². The third-order valence-electron chi connectivity index (χ3n) is 4.85. The Morgan fingerprint density at radius 2 is 1.72 bits per heavy atom. The van der Waals surface area contributed by atoms with E-state index in [1.165, 1.54) is 10.5 Å². The summed E-state index contributed by atoms with van der Waals surface area (Å²) in [6, 6.07) is 15.9. The Hall–Kier alpha value is -2.27. The van der Waals surface area contributed by atoms with Crippen LogP contribution in [-0.2, 0) is 16.0 Å². The van der Waals surface area contributed by atoms with Crippen molar-refractivity contribution >= 4 is 35.0 Å². The van der Waals surface area contributed by atoms with Crippen LogP contribution < -0.4 is 9.80 Å². The molecule has 2 amide bonds. The van der Waals surface area contributed by atoms with Crippen LogP contribution in [0.5, 0.6) is 0 Å². The smallest absolute Gasteiger partial charge is 0.240 e. The van der Waals surface area contributed by atoms with Crippen molar-refractivity contribution in [3.05, 3.63) is 54.1 Å². The third-order valence-corrected chi connectivity index (χ3v) is 6.15. The lowest BCUT2D eigenvalue weighted by Crippen LogP contribution is -2.53. The van der Waals surface area contributed by atoms with Crippen LogP contribution in [-0.4, -0.2) is 29.7 Å². The van der Waals surface area contributed by atoms with Crippen molar-refractivity contribution in [2.24, 2.45) is 0 Å². The molecule has 0 aliphatic carbocycles. The monoisotopic (exact) mass is 352 g/mol. The van der Waals surface area contributed by atoms with Crippen LogP contribution in [0.3, 0.4) is 0 Å². The van der Waals surface area contributed by atoms with E-state index in [9.17, 15) is 9.59 Å². The van der Waals surface area contributed by atoms with E-state index in [4.69, 9.17) is 0 Å². The number of rotatable bonds is 1. The molecule has 2 aromatic carbocycles. The number of amides is 2. The zero-order valence-corrected chi connectivity index (χ0v) is 15.1. The van der Waals surface area contributed by atoms with Gasteiger partial charge in [-0.05, 0) is 37.1 Å². The van der Waals surface area contributed by atoms with E-state index in [1.54, 1.807) is 23.6 Å². The minimum absolute atomic E-state index is 0.00898. The summed E-state index contributed by atoms with van der Waals surface area (Å²) in [4.78, 5) is 30.2. The SMILES string of the molecule is CC(=O)N1c2ccccc2N(C(=O)C2Cc3ccccc3S2)C[C@@H]1C. The first kappa shape index (κ1) is 16.2. The first-order valence-corrected chi connectivity index (χ1v) is 9.39. The lowest BCUT2D eigenvalue weighted by Gasteiger charge is -2.41. The molecule has 25 heavy (non-hydrogen) atoms. The van der Waals surface area contributed by atoms with Gasteiger partial charge in [0.2, 0.25) is 11.8 Å². The summed E-state index contributed by atoms with van der Waals surface area (Å²) in [6.07, 6.45) is 0.767. The summed E-state index contributed by atoms with van der Waals surface area (Å²) in [5, 5.41) is -0.0958. The molecule has 0 N–H and O–H groups in total. The highest BCUT2D eigenvalue weighted by Gasteiger charge is 2.38. The van der Waals surface area contributed by atoms with Gasteiger partial charge in [-0.25, -0.2) is 0 Å². The minimum Gasteiger partial charge on any atom is -0.307 e. The maximum atomic E-state index is 13.3. The first-order valence-electron chi connectivity index (χ1n) is 8.51. The number of thioether (sulfide) groups is 1. The average molecular weight is 352 g/mol. The molecule has 128 valence electrons. The lowest BCUT2D eigenvalue weighted by atomic mass is 10.1. The van der Waals surface area contributed by atoms with Gasteiger partial charge in [-0.15, -0.1) is 11.8 Å². The first-order chi connectivity index (χ1) is 12.1. The van der Waals surface area contributed by atoms with Crippen molar-refractivity contribution in [2.45, 2.75) is 36.5 Å². The standard InChI is InChI=1S/C20H20N2O2S/c1-13-12-21(16-8-4-5-9-17(16)22(13)14(2)23)20(24)19-11-15-7-3-6-10-18(15)25-19/h3-10,13,19H,11-12H2,1-2H3/t13-,19?/m0/s1. The zero-order valence-electron chi connectivity index (χ0n) is 14.3. The van der Waals surface area contributed by atoms with Gasteiger partial charge in [0.1, 0.15) is 0 Å². The van der Waals surface area contributed by atoms with Crippen LogP contribution in [0, 0.1) is 0 Å². The molecule has 2 atom stereocenters. The minimum atomic E-state index is -0.0958. The summed E-state index contributed by atoms with van der Waals surface area (Å²) in [5.41, 5.74) is 2.90. The topological polar surface area (TPSA) is 40.6 Å². The van der Waals surface area contributed by atoms with E-state index < -0.39 is 0 Å². The maximum absolute atomic E-state index is 13.3. The van der Waals surface area contributed by atoms with Crippen molar-refractivity contribution in [2.75, 3.05) is 16.3 Å². The van der Waals surface area contributed by atoms with E-state index in [0.29, 0.717) is 6.54 Å². The van der Waals surface area contributed by atoms with Gasteiger partial charge in [0.25, 0.3) is 0 Å². The van der Waals surface area contributed by atoms with Gasteiger partial charge in [-0.1, -0.05) is 30.3 Å². The quantitative estimate of drug-likeness (QED) is 0.789. The predicted octanol–water partition coefficient (Wildman–Crippen LogP) is 3.49. The Labute approximate surface area is 151 Å². The summed E-state index contributed by atoms with van der Waals surface area (Å²) in [5.74, 6) is 0.137. The number of nitrogens with zero attached hydrogens (tertiary/aromatic N) is 2. The molecule has 1 unspecified atom stereocenters. The molecule has 0 fully saturated rings. The van der Waals surface area contributed by atoms with Crippen LogP contribution in [0.4, 0.5) is 11.4 Å². The fraction of sp³-hybridized carbons (Fsp3) is 0.300. The van der Waals surface area contributed by atoms with Gasteiger partial charge in [0, 0.05) is 18.4 Å². The fourth-order valence-electron chi connectivity index (χ4n) is 3.76. The highest BCUT2D eigenvalue weighted by molar-refractivity contribution is 8.01. The van der Waals surface area contributed by atoms with Crippen molar-refractivity contribution in [1.29, 1.82) is 0 Å². The number of carbonyl (C=O) groups excluding carboxylic acids is 2. The third kappa shape index (κ3) is 2.72. The number of benzene rings is 2.